The van der Waals surface area contributed by atoms with Crippen LogP contribution < -0.4 is 4.72 Å². The quantitative estimate of drug-likeness (QED) is 0.440. The molecule has 0 aliphatic carbocycles. The number of nitrogens with zero attached hydrogens (tertiary/aromatic N) is 2. The predicted molar refractivity (Wildman–Crippen MR) is 119 cm³/mol. The molecule has 0 unspecified atom stereocenters. The number of hydrogen-bond acceptors (Lipinski definition) is 5. The highest BCUT2D eigenvalue weighted by molar-refractivity contribution is 7.89. The van der Waals surface area contributed by atoms with E-state index < -0.39 is 16.1 Å². The molecule has 6 nitrogen and oxygen atoms in total. The molecular formula is C23H20ClN3O3S. The molecule has 1 aromatic heterocycles. The highest BCUT2D eigenvalue weighted by atomic mass is 35.5. The highest BCUT2D eigenvalue weighted by Gasteiger charge is 2.29. The van der Waals surface area contributed by atoms with Crippen LogP contribution in [0.5, 0.6) is 0 Å². The maximum absolute atomic E-state index is 13.2. The molecular weight excluding hydrogens is 434 g/mol. The lowest BCUT2D eigenvalue weighted by molar-refractivity contribution is 0.464. The minimum absolute atomic E-state index is 0.0966. The van der Waals surface area contributed by atoms with Crippen molar-refractivity contribution in [3.63, 3.8) is 0 Å². The van der Waals surface area contributed by atoms with E-state index in [4.69, 9.17) is 16.0 Å². The van der Waals surface area contributed by atoms with Crippen LogP contribution in [0, 0.1) is 13.8 Å². The van der Waals surface area contributed by atoms with Gasteiger partial charge in [0, 0.05) is 10.6 Å². The fourth-order valence-electron chi connectivity index (χ4n) is 3.11. The molecule has 0 bridgehead atoms. The van der Waals surface area contributed by atoms with Crippen LogP contribution in [-0.2, 0) is 10.0 Å². The first-order chi connectivity index (χ1) is 14.8. The van der Waals surface area contributed by atoms with Crippen LogP contribution in [-0.4, -0.2) is 18.6 Å². The Balaban J connectivity index is 1.76. The standard InChI is InChI=1S/C23H20ClN3O3S/c1-15-12-13-18(14-16(15)2)31(28,29)27-21(19-10-6-7-11-20(19)24)23-26-25-22(30-23)17-8-4-3-5-9-17/h3-14,21,27H,1-2H3/t21-/m1/s1. The smallest absolute Gasteiger partial charge is 0.247 e. The summed E-state index contributed by atoms with van der Waals surface area (Å²) >= 11 is 6.39. The first-order valence-corrected chi connectivity index (χ1v) is 11.4. The van der Waals surface area contributed by atoms with Crippen LogP contribution in [0.4, 0.5) is 0 Å². The van der Waals surface area contributed by atoms with Crippen LogP contribution in [0.25, 0.3) is 11.5 Å². The zero-order chi connectivity index (χ0) is 22.0. The summed E-state index contributed by atoms with van der Waals surface area (Å²) in [6, 6.07) is 20.2. The summed E-state index contributed by atoms with van der Waals surface area (Å²) in [5.74, 6) is 0.386. The molecule has 3 aromatic carbocycles. The average Bonchev–Trinajstić information content (AvgIpc) is 3.25. The monoisotopic (exact) mass is 453 g/mol. The minimum Gasteiger partial charge on any atom is -0.419 e. The van der Waals surface area contributed by atoms with Crippen LogP contribution in [0.15, 0.2) is 82.1 Å². The zero-order valence-electron chi connectivity index (χ0n) is 16.9. The summed E-state index contributed by atoms with van der Waals surface area (Å²) in [7, 11) is -3.90. The molecule has 0 aliphatic heterocycles. The third kappa shape index (κ3) is 4.54. The molecule has 4 aromatic rings. The van der Waals surface area contributed by atoms with Gasteiger partial charge < -0.3 is 4.42 Å². The normalized spacial score (nSPS) is 12.6. The summed E-state index contributed by atoms with van der Waals surface area (Å²) in [4.78, 5) is 0.149. The van der Waals surface area contributed by atoms with E-state index in [1.165, 1.54) is 0 Å². The molecule has 1 heterocycles. The number of halogens is 1. The molecule has 0 spiro atoms. The van der Waals surface area contributed by atoms with Crippen LogP contribution >= 0.6 is 11.6 Å². The number of hydrogen-bond donors (Lipinski definition) is 1. The minimum atomic E-state index is -3.90. The number of aromatic nitrogens is 2. The molecule has 0 saturated heterocycles. The average molecular weight is 454 g/mol. The van der Waals surface area contributed by atoms with Crippen molar-refractivity contribution in [2.45, 2.75) is 24.8 Å². The Labute approximate surface area is 186 Å². The van der Waals surface area contributed by atoms with Crippen molar-refractivity contribution in [2.75, 3.05) is 0 Å². The van der Waals surface area contributed by atoms with E-state index in [2.05, 4.69) is 14.9 Å². The van der Waals surface area contributed by atoms with Gasteiger partial charge in [-0.15, -0.1) is 10.2 Å². The van der Waals surface area contributed by atoms with Crippen molar-refractivity contribution in [3.8, 4) is 11.5 Å². The second-order valence-electron chi connectivity index (χ2n) is 7.13. The largest absolute Gasteiger partial charge is 0.419 e. The molecule has 31 heavy (non-hydrogen) atoms. The van der Waals surface area contributed by atoms with Crippen LogP contribution in [0.3, 0.4) is 0 Å². The maximum Gasteiger partial charge on any atom is 0.247 e. The summed E-state index contributed by atoms with van der Waals surface area (Å²) < 4.78 is 34.9. The Hall–Kier alpha value is -3.00. The van der Waals surface area contributed by atoms with Crippen molar-refractivity contribution < 1.29 is 12.8 Å². The molecule has 0 saturated carbocycles. The lowest BCUT2D eigenvalue weighted by atomic mass is 10.1. The third-order valence-electron chi connectivity index (χ3n) is 4.99. The maximum atomic E-state index is 13.2. The Morgan fingerprint density at radius 3 is 2.32 bits per heavy atom. The molecule has 0 amide bonds. The van der Waals surface area contributed by atoms with E-state index in [9.17, 15) is 8.42 Å². The van der Waals surface area contributed by atoms with Gasteiger partial charge in [0.25, 0.3) is 0 Å². The van der Waals surface area contributed by atoms with Gasteiger partial charge in [-0.05, 0) is 60.9 Å². The Morgan fingerprint density at radius 2 is 1.61 bits per heavy atom. The number of rotatable bonds is 6. The second kappa shape index (κ2) is 8.63. The summed E-state index contributed by atoms with van der Waals surface area (Å²) in [5, 5.41) is 8.60. The van der Waals surface area contributed by atoms with Gasteiger partial charge in [-0.1, -0.05) is 54.1 Å². The SMILES string of the molecule is Cc1ccc(S(=O)(=O)N[C@@H](c2nnc(-c3ccccc3)o2)c2ccccc2Cl)cc1C. The van der Waals surface area contributed by atoms with E-state index in [-0.39, 0.29) is 16.7 Å². The van der Waals surface area contributed by atoms with Gasteiger partial charge in [0.05, 0.1) is 4.90 Å². The van der Waals surface area contributed by atoms with E-state index in [0.717, 1.165) is 16.7 Å². The van der Waals surface area contributed by atoms with Gasteiger partial charge in [-0.2, -0.15) is 4.72 Å². The second-order valence-corrected chi connectivity index (χ2v) is 9.25. The zero-order valence-corrected chi connectivity index (χ0v) is 18.5. The van der Waals surface area contributed by atoms with Gasteiger partial charge in [0.2, 0.25) is 21.8 Å². The van der Waals surface area contributed by atoms with Gasteiger partial charge >= 0.3 is 0 Å². The van der Waals surface area contributed by atoms with Gasteiger partial charge in [0.15, 0.2) is 0 Å². The Bertz CT molecular complexity index is 1320. The molecule has 0 radical (unpaired) electrons. The molecule has 4 rings (SSSR count). The van der Waals surface area contributed by atoms with Gasteiger partial charge in [-0.3, -0.25) is 0 Å². The van der Waals surface area contributed by atoms with E-state index in [1.807, 2.05) is 44.2 Å². The van der Waals surface area contributed by atoms with E-state index in [1.54, 1.807) is 42.5 Å². The first-order valence-electron chi connectivity index (χ1n) is 9.58. The van der Waals surface area contributed by atoms with Crippen molar-refractivity contribution >= 4 is 21.6 Å². The Kier molecular flexibility index (Phi) is 5.91. The summed E-state index contributed by atoms with van der Waals surface area (Å²) in [5.41, 5.74) is 3.13. The molecule has 8 heteroatoms. The number of benzene rings is 3. The topological polar surface area (TPSA) is 85.1 Å². The number of aryl methyl sites for hydroxylation is 2. The van der Waals surface area contributed by atoms with E-state index >= 15 is 0 Å². The van der Waals surface area contributed by atoms with Gasteiger partial charge in [0.1, 0.15) is 6.04 Å². The lowest BCUT2D eigenvalue weighted by Gasteiger charge is -2.17. The summed E-state index contributed by atoms with van der Waals surface area (Å²) in [6.07, 6.45) is 0. The van der Waals surface area contributed by atoms with E-state index in [0.29, 0.717) is 10.6 Å². The number of nitrogens with one attached hydrogen (secondary N) is 1. The molecule has 1 N–H and O–H groups in total. The molecule has 1 atom stereocenters. The fourth-order valence-corrected chi connectivity index (χ4v) is 4.61. The van der Waals surface area contributed by atoms with Crippen molar-refractivity contribution in [2.24, 2.45) is 0 Å². The summed E-state index contributed by atoms with van der Waals surface area (Å²) in [6.45, 7) is 3.79. The van der Waals surface area contributed by atoms with Crippen molar-refractivity contribution in [3.05, 3.63) is 100 Å². The predicted octanol–water partition coefficient (Wildman–Crippen LogP) is 5.07. The molecule has 0 fully saturated rings. The van der Waals surface area contributed by atoms with Crippen LogP contribution in [0.1, 0.15) is 28.6 Å². The third-order valence-corrected chi connectivity index (χ3v) is 6.75. The van der Waals surface area contributed by atoms with Crippen molar-refractivity contribution in [1.29, 1.82) is 0 Å². The van der Waals surface area contributed by atoms with Crippen molar-refractivity contribution in [1.82, 2.24) is 14.9 Å². The van der Waals surface area contributed by atoms with Crippen LogP contribution in [0.2, 0.25) is 5.02 Å². The highest BCUT2D eigenvalue weighted by Crippen LogP contribution is 2.31. The lowest BCUT2D eigenvalue weighted by Crippen LogP contribution is -2.30. The molecule has 158 valence electrons. The molecule has 0 aliphatic rings. The number of sulfonamides is 1. The fraction of sp³-hybridized carbons (Fsp3) is 0.130. The Morgan fingerprint density at radius 1 is 0.903 bits per heavy atom. The first kappa shape index (κ1) is 21.2. The van der Waals surface area contributed by atoms with Gasteiger partial charge in [-0.25, -0.2) is 8.42 Å².